The van der Waals surface area contributed by atoms with Gasteiger partial charge in [0.2, 0.25) is 6.04 Å². The number of nitroso groups, excluding NO2 is 1. The van der Waals surface area contributed by atoms with E-state index in [0.29, 0.717) is 11.3 Å². The zero-order valence-corrected chi connectivity index (χ0v) is 16.6. The van der Waals surface area contributed by atoms with Gasteiger partial charge in [0.25, 0.3) is 11.8 Å². The van der Waals surface area contributed by atoms with Gasteiger partial charge in [0.05, 0.1) is 5.69 Å². The number of anilines is 1. The molecule has 2 amide bonds. The molecule has 1 aromatic rings. The number of allylic oxidation sites excluding steroid dienone is 2. The quantitative estimate of drug-likeness (QED) is 0.339. The molecule has 1 saturated heterocycles. The van der Waals surface area contributed by atoms with Crippen LogP contribution in [-0.4, -0.2) is 49.9 Å². The molecule has 0 aromatic carbocycles. The summed E-state index contributed by atoms with van der Waals surface area (Å²) in [4.78, 5) is 52.9. The average molecular weight is 433 g/mol. The first-order chi connectivity index (χ1) is 13.9. The predicted molar refractivity (Wildman–Crippen MR) is 107 cm³/mol. The zero-order valence-electron chi connectivity index (χ0n) is 15.0. The van der Waals surface area contributed by atoms with E-state index < -0.39 is 35.2 Å². The van der Waals surface area contributed by atoms with Gasteiger partial charge in [-0.2, -0.15) is 0 Å². The van der Waals surface area contributed by atoms with Gasteiger partial charge in [-0.1, -0.05) is 5.92 Å². The number of rotatable bonds is 6. The largest absolute Gasteiger partial charge is 0.477 e. The van der Waals surface area contributed by atoms with Gasteiger partial charge in [0.15, 0.2) is 5.13 Å². The van der Waals surface area contributed by atoms with Crippen LogP contribution in [-0.2, 0) is 14.4 Å². The Kier molecular flexibility index (Phi) is 6.00. The van der Waals surface area contributed by atoms with Crippen LogP contribution in [0.25, 0.3) is 0 Å². The number of amides is 2. The van der Waals surface area contributed by atoms with Crippen LogP contribution in [0.3, 0.4) is 0 Å². The van der Waals surface area contributed by atoms with Crippen molar-refractivity contribution >= 4 is 46.0 Å². The van der Waals surface area contributed by atoms with Crippen molar-refractivity contribution in [2.24, 2.45) is 5.18 Å². The van der Waals surface area contributed by atoms with Crippen LogP contribution in [0.1, 0.15) is 18.7 Å². The fraction of sp³-hybridized carbons (Fsp3) is 0.294. The van der Waals surface area contributed by atoms with Crippen molar-refractivity contribution in [1.29, 1.82) is 0 Å². The average Bonchev–Trinajstić information content (AvgIpc) is 3.12. The summed E-state index contributed by atoms with van der Waals surface area (Å²) in [5, 5.41) is 15.8. The van der Waals surface area contributed by atoms with Crippen molar-refractivity contribution in [3.63, 3.8) is 0 Å². The van der Waals surface area contributed by atoms with Crippen molar-refractivity contribution in [2.75, 3.05) is 11.5 Å². The van der Waals surface area contributed by atoms with E-state index in [4.69, 9.17) is 5.73 Å². The van der Waals surface area contributed by atoms with Crippen molar-refractivity contribution in [3.8, 4) is 11.8 Å². The molecule has 1 aromatic heterocycles. The Morgan fingerprint density at radius 3 is 2.90 bits per heavy atom. The summed E-state index contributed by atoms with van der Waals surface area (Å²) in [7, 11) is 0. The minimum Gasteiger partial charge on any atom is -0.477 e. The van der Waals surface area contributed by atoms with E-state index in [9.17, 15) is 24.4 Å². The number of nitrogens with zero attached hydrogens (tertiary/aromatic N) is 3. The van der Waals surface area contributed by atoms with Crippen LogP contribution in [0.5, 0.6) is 0 Å². The van der Waals surface area contributed by atoms with Crippen molar-refractivity contribution in [3.05, 3.63) is 39.4 Å². The van der Waals surface area contributed by atoms with Gasteiger partial charge in [-0.05, 0) is 29.8 Å². The lowest BCUT2D eigenvalue weighted by Gasteiger charge is -2.49. The zero-order chi connectivity index (χ0) is 21.1. The van der Waals surface area contributed by atoms with Crippen molar-refractivity contribution in [2.45, 2.75) is 24.4 Å². The van der Waals surface area contributed by atoms with Gasteiger partial charge in [-0.25, -0.2) is 9.78 Å². The fourth-order valence-electron chi connectivity index (χ4n) is 2.89. The summed E-state index contributed by atoms with van der Waals surface area (Å²) in [6.45, 7) is 1.65. The number of hydrogen-bond donors (Lipinski definition) is 3. The molecule has 0 bridgehead atoms. The highest BCUT2D eigenvalue weighted by Crippen LogP contribution is 2.40. The molecule has 1 unspecified atom stereocenters. The number of thiazole rings is 1. The Bertz CT molecular complexity index is 1010. The molecule has 29 heavy (non-hydrogen) atoms. The van der Waals surface area contributed by atoms with E-state index in [0.717, 1.165) is 16.2 Å². The third-order valence-corrected chi connectivity index (χ3v) is 6.18. The molecule has 12 heteroatoms. The standard InChI is InChI=1S/C17H15N5O5S2/c1-2-3-4-5-8-6-28-15-11(14(24)22(15)12(8)16(25)26)20-13(23)10(21-27)9-7-29-17(18)19-9/h4-5,7,10-11,15H,6H2,1H3,(H2,18,19)(H,20,23)(H,25,26)/t10?,11-,15-/m1/s1. The summed E-state index contributed by atoms with van der Waals surface area (Å²) >= 11 is 2.36. The molecular formula is C17H15N5O5S2. The number of nitrogens with one attached hydrogen (secondary N) is 1. The normalized spacial score (nSPS) is 21.7. The van der Waals surface area contributed by atoms with Crippen molar-refractivity contribution in [1.82, 2.24) is 15.2 Å². The molecule has 3 atom stereocenters. The lowest BCUT2D eigenvalue weighted by molar-refractivity contribution is -0.150. The van der Waals surface area contributed by atoms with E-state index in [1.807, 2.05) is 0 Å². The highest BCUT2D eigenvalue weighted by molar-refractivity contribution is 8.00. The topological polar surface area (TPSA) is 155 Å². The Morgan fingerprint density at radius 2 is 2.31 bits per heavy atom. The number of nitrogens with two attached hydrogens (primary N) is 1. The monoisotopic (exact) mass is 433 g/mol. The Morgan fingerprint density at radius 1 is 1.55 bits per heavy atom. The van der Waals surface area contributed by atoms with Gasteiger partial charge in [0.1, 0.15) is 17.1 Å². The first-order valence-corrected chi connectivity index (χ1v) is 10.2. The van der Waals surface area contributed by atoms with Crippen LogP contribution in [0.4, 0.5) is 5.13 Å². The van der Waals surface area contributed by atoms with Crippen LogP contribution in [0.15, 0.2) is 34.0 Å². The van der Waals surface area contributed by atoms with E-state index >= 15 is 0 Å². The maximum Gasteiger partial charge on any atom is 0.352 e. The predicted octanol–water partition coefficient (Wildman–Crippen LogP) is 0.851. The molecule has 3 heterocycles. The van der Waals surface area contributed by atoms with Crippen LogP contribution < -0.4 is 11.1 Å². The molecular weight excluding hydrogens is 418 g/mol. The molecule has 2 aliphatic heterocycles. The van der Waals surface area contributed by atoms with Crippen molar-refractivity contribution < 1.29 is 19.5 Å². The van der Waals surface area contributed by atoms with Gasteiger partial charge in [-0.3, -0.25) is 14.5 Å². The van der Waals surface area contributed by atoms with Gasteiger partial charge >= 0.3 is 5.97 Å². The van der Waals surface area contributed by atoms with Crippen LogP contribution in [0.2, 0.25) is 0 Å². The van der Waals surface area contributed by atoms with E-state index in [-0.39, 0.29) is 16.5 Å². The lowest BCUT2D eigenvalue weighted by atomic mass is 10.0. The number of carbonyl (C=O) groups excluding carboxylic acids is 2. The molecule has 0 spiro atoms. The molecule has 0 aliphatic carbocycles. The van der Waals surface area contributed by atoms with E-state index in [1.165, 1.54) is 23.2 Å². The van der Waals surface area contributed by atoms with Gasteiger partial charge in [-0.15, -0.1) is 33.9 Å². The van der Waals surface area contributed by atoms with E-state index in [2.05, 4.69) is 27.3 Å². The number of aromatic nitrogens is 1. The number of nitrogen functional groups attached to an aromatic ring is 1. The first-order valence-electron chi connectivity index (χ1n) is 8.22. The smallest absolute Gasteiger partial charge is 0.352 e. The van der Waals surface area contributed by atoms with Crippen LogP contribution >= 0.6 is 23.1 Å². The lowest BCUT2D eigenvalue weighted by Crippen LogP contribution is -2.70. The maximum atomic E-state index is 12.6. The number of aliphatic carboxylic acids is 1. The minimum atomic E-state index is -1.44. The number of carboxylic acids is 1. The molecule has 1 fully saturated rings. The summed E-state index contributed by atoms with van der Waals surface area (Å²) in [6, 6.07) is -2.41. The second kappa shape index (κ2) is 8.46. The molecule has 10 nitrogen and oxygen atoms in total. The third kappa shape index (κ3) is 3.87. The second-order valence-electron chi connectivity index (χ2n) is 5.92. The number of carboxylic acid groups (broad SMARTS) is 1. The van der Waals surface area contributed by atoms with Crippen LogP contribution in [0, 0.1) is 16.7 Å². The number of hydrogen-bond acceptors (Lipinski definition) is 9. The highest BCUT2D eigenvalue weighted by Gasteiger charge is 2.54. The Labute approximate surface area is 173 Å². The maximum absolute atomic E-state index is 12.6. The number of β-lactam (4-membered cyclic amide) rings is 1. The molecule has 3 rings (SSSR count). The van der Waals surface area contributed by atoms with Gasteiger partial charge in [0, 0.05) is 11.1 Å². The Balaban J connectivity index is 1.78. The third-order valence-electron chi connectivity index (χ3n) is 4.18. The fourth-order valence-corrected chi connectivity index (χ4v) is 4.79. The summed E-state index contributed by atoms with van der Waals surface area (Å²) in [5.41, 5.74) is 5.91. The molecule has 0 saturated carbocycles. The Hall–Kier alpha value is -3.17. The SMILES string of the molecule is CC#CC=CC1=C(C(=O)O)N2C(=O)[C@@H](NC(=O)C(N=O)c3csc(N)n3)[C@H]2SC1. The first kappa shape index (κ1) is 20.6. The molecule has 4 N–H and O–H groups in total. The summed E-state index contributed by atoms with van der Waals surface area (Å²) in [6.07, 6.45) is 3.07. The number of fused-ring (bicyclic) bond motifs is 1. The number of carbonyl (C=O) groups is 3. The van der Waals surface area contributed by atoms with Gasteiger partial charge < -0.3 is 16.2 Å². The molecule has 150 valence electrons. The highest BCUT2D eigenvalue weighted by atomic mass is 32.2. The minimum absolute atomic E-state index is 0.0931. The molecule has 0 radical (unpaired) electrons. The van der Waals surface area contributed by atoms with E-state index in [1.54, 1.807) is 13.0 Å². The summed E-state index contributed by atoms with van der Waals surface area (Å²) < 4.78 is 0. The second-order valence-corrected chi connectivity index (χ2v) is 7.92. The molecule has 2 aliphatic rings. The number of thioether (sulfide) groups is 1. The summed E-state index contributed by atoms with van der Waals surface area (Å²) in [5.74, 6) is 3.06.